The van der Waals surface area contributed by atoms with Crippen molar-refractivity contribution in [2.24, 2.45) is 0 Å². The number of amides is 3. The number of hydrogen-bond acceptors (Lipinski definition) is 3. The van der Waals surface area contributed by atoms with Crippen LogP contribution in [0, 0.1) is 5.82 Å². The summed E-state index contributed by atoms with van der Waals surface area (Å²) in [4.78, 5) is 26.1. The van der Waals surface area contributed by atoms with E-state index in [0.717, 1.165) is 11.1 Å². The third kappa shape index (κ3) is 5.39. The lowest BCUT2D eigenvalue weighted by atomic mass is 10.0. The van der Waals surface area contributed by atoms with E-state index in [2.05, 4.69) is 10.6 Å². The van der Waals surface area contributed by atoms with Crippen LogP contribution in [0.15, 0.2) is 54.6 Å². The average molecular weight is 343 g/mol. The second-order valence-electron chi connectivity index (χ2n) is 5.71. The number of halogens is 1. The first-order valence-electron chi connectivity index (χ1n) is 8.09. The van der Waals surface area contributed by atoms with Gasteiger partial charge in [0.05, 0.1) is 0 Å². The van der Waals surface area contributed by atoms with Gasteiger partial charge in [0.2, 0.25) is 5.91 Å². The van der Waals surface area contributed by atoms with E-state index in [1.165, 1.54) is 12.1 Å². The van der Waals surface area contributed by atoms with Crippen LogP contribution in [0.5, 0.6) is 0 Å². The number of rotatable bonds is 6. The second kappa shape index (κ2) is 8.94. The number of imide groups is 1. The van der Waals surface area contributed by atoms with Crippen molar-refractivity contribution in [2.75, 3.05) is 13.6 Å². The van der Waals surface area contributed by atoms with Crippen LogP contribution < -0.4 is 10.6 Å². The molecule has 132 valence electrons. The Morgan fingerprint density at radius 3 is 2.48 bits per heavy atom. The molecular weight excluding hydrogens is 321 g/mol. The molecule has 0 fully saturated rings. The van der Waals surface area contributed by atoms with Crippen molar-refractivity contribution in [2.45, 2.75) is 19.5 Å². The molecule has 0 unspecified atom stereocenters. The summed E-state index contributed by atoms with van der Waals surface area (Å²) in [6.07, 6.45) is 0. The number of nitrogens with zero attached hydrogens (tertiary/aromatic N) is 1. The Labute approximate surface area is 146 Å². The lowest BCUT2D eigenvalue weighted by Gasteiger charge is -2.27. The zero-order valence-electron chi connectivity index (χ0n) is 14.3. The van der Waals surface area contributed by atoms with Crippen LogP contribution in [0.1, 0.15) is 24.1 Å². The third-order valence-electron chi connectivity index (χ3n) is 3.70. The molecule has 0 aliphatic rings. The maximum atomic E-state index is 13.4. The third-order valence-corrected chi connectivity index (χ3v) is 3.70. The van der Waals surface area contributed by atoms with Gasteiger partial charge in [-0.3, -0.25) is 15.0 Å². The van der Waals surface area contributed by atoms with Gasteiger partial charge in [-0.2, -0.15) is 0 Å². The van der Waals surface area contributed by atoms with Crippen molar-refractivity contribution in [3.63, 3.8) is 0 Å². The molecule has 2 rings (SSSR count). The number of carbonyl (C=O) groups is 2. The van der Waals surface area contributed by atoms with E-state index in [0.29, 0.717) is 13.1 Å². The summed E-state index contributed by atoms with van der Waals surface area (Å²) < 4.78 is 13.4. The number of likely N-dealkylation sites (N-methyl/N-ethyl adjacent to an activating group) is 1. The number of nitrogens with one attached hydrogen (secondary N) is 2. The highest BCUT2D eigenvalue weighted by atomic mass is 19.1. The Morgan fingerprint density at radius 2 is 1.84 bits per heavy atom. The Kier molecular flexibility index (Phi) is 6.65. The summed E-state index contributed by atoms with van der Waals surface area (Å²) in [7, 11) is 1.76. The molecular formula is C19H22FN3O2. The summed E-state index contributed by atoms with van der Waals surface area (Å²) in [6.45, 7) is 2.56. The van der Waals surface area contributed by atoms with Crippen LogP contribution in [0.25, 0.3) is 0 Å². The first-order valence-corrected chi connectivity index (χ1v) is 8.09. The van der Waals surface area contributed by atoms with E-state index in [9.17, 15) is 14.0 Å². The predicted molar refractivity (Wildman–Crippen MR) is 94.3 cm³/mol. The molecule has 0 aromatic heterocycles. The van der Waals surface area contributed by atoms with Crippen molar-refractivity contribution in [1.82, 2.24) is 15.5 Å². The normalized spacial score (nSPS) is 11.8. The van der Waals surface area contributed by atoms with Crippen LogP contribution >= 0.6 is 0 Å². The number of carbonyl (C=O) groups excluding carboxylic acids is 2. The number of hydrogen-bond donors (Lipinski definition) is 2. The first-order chi connectivity index (χ1) is 12.0. The van der Waals surface area contributed by atoms with Crippen molar-refractivity contribution in [3.8, 4) is 0 Å². The zero-order valence-corrected chi connectivity index (χ0v) is 14.3. The smallest absolute Gasteiger partial charge is 0.321 e. The fraction of sp³-hybridized carbons (Fsp3) is 0.263. The average Bonchev–Trinajstić information content (AvgIpc) is 2.56. The van der Waals surface area contributed by atoms with E-state index in [1.54, 1.807) is 31.0 Å². The summed E-state index contributed by atoms with van der Waals surface area (Å²) in [5.74, 6) is -0.759. The summed E-state index contributed by atoms with van der Waals surface area (Å²) >= 11 is 0. The Balaban J connectivity index is 2.21. The molecule has 25 heavy (non-hydrogen) atoms. The van der Waals surface area contributed by atoms with Gasteiger partial charge in [-0.25, -0.2) is 9.18 Å². The number of benzene rings is 2. The Bertz CT molecular complexity index is 722. The molecule has 6 heteroatoms. The van der Waals surface area contributed by atoms with Crippen LogP contribution in [-0.2, 0) is 11.3 Å². The summed E-state index contributed by atoms with van der Waals surface area (Å²) in [6, 6.07) is 14.2. The molecule has 5 nitrogen and oxygen atoms in total. The maximum absolute atomic E-state index is 13.4. The minimum absolute atomic E-state index is 0.325. The molecule has 0 saturated carbocycles. The molecule has 0 bridgehead atoms. The van der Waals surface area contributed by atoms with Crippen molar-refractivity contribution < 1.29 is 14.0 Å². The minimum atomic E-state index is -0.674. The molecule has 0 heterocycles. The molecule has 2 N–H and O–H groups in total. The molecule has 0 aliphatic heterocycles. The van der Waals surface area contributed by atoms with Gasteiger partial charge in [-0.05, 0) is 37.2 Å². The highest BCUT2D eigenvalue weighted by Gasteiger charge is 2.26. The highest BCUT2D eigenvalue weighted by Crippen LogP contribution is 2.22. The Morgan fingerprint density at radius 1 is 1.12 bits per heavy atom. The molecule has 2 aromatic rings. The Hall–Kier alpha value is -2.73. The lowest BCUT2D eigenvalue weighted by molar-refractivity contribution is -0.125. The molecule has 2 aromatic carbocycles. The van der Waals surface area contributed by atoms with Gasteiger partial charge in [-0.15, -0.1) is 0 Å². The first kappa shape index (κ1) is 18.6. The fourth-order valence-corrected chi connectivity index (χ4v) is 2.64. The van der Waals surface area contributed by atoms with Crippen molar-refractivity contribution >= 4 is 11.9 Å². The van der Waals surface area contributed by atoms with Crippen LogP contribution in [0.4, 0.5) is 9.18 Å². The highest BCUT2D eigenvalue weighted by molar-refractivity contribution is 5.97. The SMILES string of the molecule is CCNC(=O)NC(=O)[C@H](c1ccccc1)N(C)Cc1cccc(F)c1. The van der Waals surface area contributed by atoms with Crippen LogP contribution in [-0.4, -0.2) is 30.4 Å². The topological polar surface area (TPSA) is 61.4 Å². The van der Waals surface area contributed by atoms with Crippen LogP contribution in [0.2, 0.25) is 0 Å². The largest absolute Gasteiger partial charge is 0.338 e. The van der Waals surface area contributed by atoms with Crippen molar-refractivity contribution in [3.05, 3.63) is 71.5 Å². The second-order valence-corrected chi connectivity index (χ2v) is 5.71. The zero-order chi connectivity index (χ0) is 18.2. The summed E-state index contributed by atoms with van der Waals surface area (Å²) in [5, 5.41) is 4.89. The molecule has 3 amide bonds. The molecule has 0 saturated heterocycles. The van der Waals surface area contributed by atoms with E-state index < -0.39 is 18.0 Å². The van der Waals surface area contributed by atoms with E-state index in [4.69, 9.17) is 0 Å². The van der Waals surface area contributed by atoms with E-state index >= 15 is 0 Å². The predicted octanol–water partition coefficient (Wildman–Crippen LogP) is 2.84. The van der Waals surface area contributed by atoms with Gasteiger partial charge < -0.3 is 5.32 Å². The van der Waals surface area contributed by atoms with Crippen molar-refractivity contribution in [1.29, 1.82) is 0 Å². The van der Waals surface area contributed by atoms with Gasteiger partial charge in [0.25, 0.3) is 0 Å². The van der Waals surface area contributed by atoms with Crippen LogP contribution in [0.3, 0.4) is 0 Å². The monoisotopic (exact) mass is 343 g/mol. The fourth-order valence-electron chi connectivity index (χ4n) is 2.64. The number of urea groups is 1. The minimum Gasteiger partial charge on any atom is -0.338 e. The van der Waals surface area contributed by atoms with Gasteiger partial charge in [0.15, 0.2) is 0 Å². The lowest BCUT2D eigenvalue weighted by Crippen LogP contribution is -2.45. The maximum Gasteiger partial charge on any atom is 0.321 e. The molecule has 0 radical (unpaired) electrons. The van der Waals surface area contributed by atoms with E-state index in [1.807, 2.05) is 30.3 Å². The molecule has 0 aliphatic carbocycles. The van der Waals surface area contributed by atoms with Gasteiger partial charge in [0.1, 0.15) is 11.9 Å². The van der Waals surface area contributed by atoms with Gasteiger partial charge >= 0.3 is 6.03 Å². The van der Waals surface area contributed by atoms with Gasteiger partial charge in [0, 0.05) is 13.1 Å². The summed E-state index contributed by atoms with van der Waals surface area (Å²) in [5.41, 5.74) is 1.50. The molecule has 0 spiro atoms. The quantitative estimate of drug-likeness (QED) is 0.848. The van der Waals surface area contributed by atoms with E-state index in [-0.39, 0.29) is 5.82 Å². The van der Waals surface area contributed by atoms with Gasteiger partial charge in [-0.1, -0.05) is 42.5 Å². The molecule has 1 atom stereocenters. The standard InChI is InChI=1S/C19H22FN3O2/c1-3-21-19(25)22-18(24)17(15-9-5-4-6-10-15)23(2)13-14-8-7-11-16(20)12-14/h4-12,17H,3,13H2,1-2H3,(H2,21,22,24,25)/t17-/m0/s1.